The SMILES string of the molecule is Cn1cc(C2=C(c3csc4cccc(F)c34)C(=O)NC2=O)c2ccc(C#N)cc21. The average molecular weight is 401 g/mol. The van der Waals surface area contributed by atoms with Crippen molar-refractivity contribution in [1.82, 2.24) is 9.88 Å². The fourth-order valence-corrected chi connectivity index (χ4v) is 4.81. The van der Waals surface area contributed by atoms with Crippen LogP contribution in [0, 0.1) is 17.1 Å². The minimum Gasteiger partial charge on any atom is -0.350 e. The van der Waals surface area contributed by atoms with Crippen molar-refractivity contribution >= 4 is 55.3 Å². The standard InChI is InChI=1S/C22H12FN3O2S/c1-26-9-13(12-6-5-11(8-24)7-16(12)26)19-20(22(28)25-21(19)27)14-10-29-17-4-2-3-15(23)18(14)17/h2-7,9-10H,1H3,(H,25,27,28). The third kappa shape index (κ3) is 2.43. The van der Waals surface area contributed by atoms with Crippen LogP contribution in [-0.4, -0.2) is 16.4 Å². The highest BCUT2D eigenvalue weighted by molar-refractivity contribution is 7.17. The van der Waals surface area contributed by atoms with E-state index in [0.717, 1.165) is 10.9 Å². The summed E-state index contributed by atoms with van der Waals surface area (Å²) in [6, 6.07) is 12.0. The van der Waals surface area contributed by atoms with Gasteiger partial charge < -0.3 is 4.57 Å². The molecule has 5 rings (SSSR count). The molecule has 0 fully saturated rings. The number of imide groups is 1. The first-order chi connectivity index (χ1) is 14.0. The second kappa shape index (κ2) is 6.12. The molecule has 2 aromatic heterocycles. The maximum Gasteiger partial charge on any atom is 0.259 e. The number of aryl methyl sites for hydroxylation is 1. The van der Waals surface area contributed by atoms with Gasteiger partial charge in [0.1, 0.15) is 5.82 Å². The van der Waals surface area contributed by atoms with E-state index in [1.165, 1.54) is 17.4 Å². The predicted molar refractivity (Wildman–Crippen MR) is 109 cm³/mol. The number of benzene rings is 2. The highest BCUT2D eigenvalue weighted by Crippen LogP contribution is 2.40. The number of hydrogen-bond acceptors (Lipinski definition) is 4. The smallest absolute Gasteiger partial charge is 0.259 e. The lowest BCUT2D eigenvalue weighted by Crippen LogP contribution is -2.22. The Morgan fingerprint density at radius 3 is 2.62 bits per heavy atom. The van der Waals surface area contributed by atoms with Gasteiger partial charge in [0.15, 0.2) is 0 Å². The van der Waals surface area contributed by atoms with Gasteiger partial charge >= 0.3 is 0 Å². The third-order valence-corrected chi connectivity index (χ3v) is 6.09. The third-order valence-electron chi connectivity index (χ3n) is 5.14. The molecule has 0 radical (unpaired) electrons. The lowest BCUT2D eigenvalue weighted by molar-refractivity contribution is -0.122. The van der Waals surface area contributed by atoms with Crippen molar-refractivity contribution in [3.8, 4) is 6.07 Å². The van der Waals surface area contributed by atoms with E-state index in [4.69, 9.17) is 5.26 Å². The number of amides is 2. The summed E-state index contributed by atoms with van der Waals surface area (Å²) in [6.45, 7) is 0. The van der Waals surface area contributed by atoms with E-state index in [-0.39, 0.29) is 11.1 Å². The number of carbonyl (C=O) groups is 2. The number of nitriles is 1. The lowest BCUT2D eigenvalue weighted by atomic mass is 9.95. The van der Waals surface area contributed by atoms with Gasteiger partial charge in [0.25, 0.3) is 11.8 Å². The van der Waals surface area contributed by atoms with Gasteiger partial charge in [-0.1, -0.05) is 12.1 Å². The van der Waals surface area contributed by atoms with E-state index >= 15 is 0 Å². The molecule has 29 heavy (non-hydrogen) atoms. The minimum absolute atomic E-state index is 0.170. The van der Waals surface area contributed by atoms with Gasteiger partial charge in [-0.15, -0.1) is 11.3 Å². The predicted octanol–water partition coefficient (Wildman–Crippen LogP) is 3.97. The molecule has 1 aliphatic heterocycles. The van der Waals surface area contributed by atoms with Crippen molar-refractivity contribution in [2.24, 2.45) is 7.05 Å². The maximum absolute atomic E-state index is 14.6. The zero-order chi connectivity index (χ0) is 20.3. The zero-order valence-electron chi connectivity index (χ0n) is 15.1. The Labute approximate surface area is 168 Å². The molecule has 2 aromatic carbocycles. The largest absolute Gasteiger partial charge is 0.350 e. The van der Waals surface area contributed by atoms with Crippen LogP contribution in [0.3, 0.4) is 0 Å². The van der Waals surface area contributed by atoms with Gasteiger partial charge in [-0.05, 0) is 24.3 Å². The first-order valence-corrected chi connectivity index (χ1v) is 9.63. The zero-order valence-corrected chi connectivity index (χ0v) is 15.9. The second-order valence-corrected chi connectivity index (χ2v) is 7.70. The first kappa shape index (κ1) is 17.3. The molecule has 3 heterocycles. The number of fused-ring (bicyclic) bond motifs is 2. The van der Waals surface area contributed by atoms with E-state index in [2.05, 4.69) is 11.4 Å². The number of hydrogen-bond donors (Lipinski definition) is 1. The molecular formula is C22H12FN3O2S. The van der Waals surface area contributed by atoms with Crippen molar-refractivity contribution in [3.05, 3.63) is 70.5 Å². The summed E-state index contributed by atoms with van der Waals surface area (Å²) in [4.78, 5) is 25.5. The summed E-state index contributed by atoms with van der Waals surface area (Å²) in [5.41, 5.74) is 2.63. The molecule has 0 saturated carbocycles. The fraction of sp³-hybridized carbons (Fsp3) is 0.0455. The van der Waals surface area contributed by atoms with Gasteiger partial charge in [0.2, 0.25) is 0 Å². The molecule has 0 aliphatic carbocycles. The number of thiophene rings is 1. The van der Waals surface area contributed by atoms with Crippen LogP contribution in [0.1, 0.15) is 16.7 Å². The lowest BCUT2D eigenvalue weighted by Gasteiger charge is -2.04. The summed E-state index contributed by atoms with van der Waals surface area (Å²) in [6.07, 6.45) is 1.75. The number of aromatic nitrogens is 1. The van der Waals surface area contributed by atoms with Crippen LogP contribution in [0.5, 0.6) is 0 Å². The Bertz CT molecular complexity index is 1450. The monoisotopic (exact) mass is 401 g/mol. The molecule has 0 unspecified atom stereocenters. The Morgan fingerprint density at radius 1 is 1.10 bits per heavy atom. The van der Waals surface area contributed by atoms with Gasteiger partial charge in [0.05, 0.1) is 22.8 Å². The number of halogens is 1. The topological polar surface area (TPSA) is 74.9 Å². The van der Waals surface area contributed by atoms with E-state index in [1.807, 2.05) is 7.05 Å². The van der Waals surface area contributed by atoms with E-state index in [1.54, 1.807) is 46.5 Å². The average Bonchev–Trinajstić information content (AvgIpc) is 3.35. The quantitative estimate of drug-likeness (QED) is 0.517. The number of nitrogens with one attached hydrogen (secondary N) is 1. The van der Waals surface area contributed by atoms with E-state index in [9.17, 15) is 14.0 Å². The molecular weight excluding hydrogens is 389 g/mol. The number of carbonyl (C=O) groups excluding carboxylic acids is 2. The summed E-state index contributed by atoms with van der Waals surface area (Å²) < 4.78 is 17.1. The van der Waals surface area contributed by atoms with E-state index < -0.39 is 17.6 Å². The van der Waals surface area contributed by atoms with Gasteiger partial charge in [0, 0.05) is 50.7 Å². The molecule has 1 aliphatic rings. The van der Waals surface area contributed by atoms with E-state index in [0.29, 0.717) is 26.8 Å². The Kier molecular flexibility index (Phi) is 3.66. The van der Waals surface area contributed by atoms with Crippen LogP contribution in [0.4, 0.5) is 4.39 Å². The Hall–Kier alpha value is -3.76. The number of rotatable bonds is 2. The number of nitrogens with zero attached hydrogens (tertiary/aromatic N) is 2. The van der Waals surface area contributed by atoms with Gasteiger partial charge in [-0.25, -0.2) is 4.39 Å². The summed E-state index contributed by atoms with van der Waals surface area (Å²) in [5.74, 6) is -1.49. The second-order valence-electron chi connectivity index (χ2n) is 6.79. The van der Waals surface area contributed by atoms with Crippen molar-refractivity contribution in [2.75, 3.05) is 0 Å². The van der Waals surface area contributed by atoms with Gasteiger partial charge in [-0.2, -0.15) is 5.26 Å². The van der Waals surface area contributed by atoms with Crippen LogP contribution in [-0.2, 0) is 16.6 Å². The molecule has 4 aromatic rings. The molecule has 0 spiro atoms. The molecule has 0 saturated heterocycles. The van der Waals surface area contributed by atoms with Crippen LogP contribution >= 0.6 is 11.3 Å². The molecule has 140 valence electrons. The maximum atomic E-state index is 14.6. The summed E-state index contributed by atoms with van der Waals surface area (Å²) in [7, 11) is 1.81. The van der Waals surface area contributed by atoms with Crippen molar-refractivity contribution in [1.29, 1.82) is 5.26 Å². The summed E-state index contributed by atoms with van der Waals surface area (Å²) in [5, 5.41) is 14.3. The van der Waals surface area contributed by atoms with Crippen LogP contribution in [0.15, 0.2) is 48.0 Å². The van der Waals surface area contributed by atoms with Crippen molar-refractivity contribution in [3.63, 3.8) is 0 Å². The molecule has 7 heteroatoms. The van der Waals surface area contributed by atoms with Crippen LogP contribution < -0.4 is 5.32 Å². The highest BCUT2D eigenvalue weighted by atomic mass is 32.1. The Balaban J connectivity index is 1.86. The minimum atomic E-state index is -0.543. The fourth-order valence-electron chi connectivity index (χ4n) is 3.85. The van der Waals surface area contributed by atoms with Crippen molar-refractivity contribution < 1.29 is 14.0 Å². The highest BCUT2D eigenvalue weighted by Gasteiger charge is 2.35. The first-order valence-electron chi connectivity index (χ1n) is 8.75. The molecule has 0 atom stereocenters. The van der Waals surface area contributed by atoms with Gasteiger partial charge in [-0.3, -0.25) is 14.9 Å². The van der Waals surface area contributed by atoms with Crippen LogP contribution in [0.25, 0.3) is 32.1 Å². The summed E-state index contributed by atoms with van der Waals surface area (Å²) >= 11 is 1.32. The van der Waals surface area contributed by atoms with Crippen LogP contribution in [0.2, 0.25) is 0 Å². The molecule has 2 amide bonds. The van der Waals surface area contributed by atoms with Crippen molar-refractivity contribution in [2.45, 2.75) is 0 Å². The molecule has 5 nitrogen and oxygen atoms in total. The molecule has 1 N–H and O–H groups in total. The Morgan fingerprint density at radius 2 is 1.86 bits per heavy atom. The molecule has 0 bridgehead atoms. The normalized spacial score (nSPS) is 14.1.